The van der Waals surface area contributed by atoms with Crippen molar-refractivity contribution < 1.29 is 9.84 Å². The van der Waals surface area contributed by atoms with Gasteiger partial charge in [-0.25, -0.2) is 4.99 Å². The summed E-state index contributed by atoms with van der Waals surface area (Å²) in [5, 5.41) is 16.9. The van der Waals surface area contributed by atoms with Gasteiger partial charge in [0.1, 0.15) is 0 Å². The van der Waals surface area contributed by atoms with E-state index in [0.717, 1.165) is 18.1 Å². The van der Waals surface area contributed by atoms with Crippen molar-refractivity contribution in [2.75, 3.05) is 20.7 Å². The lowest BCUT2D eigenvalue weighted by molar-refractivity contribution is 0.0526. The second kappa shape index (κ2) is 8.62. The summed E-state index contributed by atoms with van der Waals surface area (Å²) in [5.41, 5.74) is 0.959. The van der Waals surface area contributed by atoms with E-state index in [9.17, 15) is 5.11 Å². The Labute approximate surface area is 156 Å². The fourth-order valence-corrected chi connectivity index (χ4v) is 4.25. The summed E-state index contributed by atoms with van der Waals surface area (Å²) in [6.07, 6.45) is 6.34. The molecule has 2 saturated heterocycles. The molecule has 26 heavy (non-hydrogen) atoms. The number of fused-ring (bicyclic) bond motifs is 2. The normalized spacial score (nSPS) is 26.4. The average Bonchev–Trinajstić information content (AvgIpc) is 2.61. The fourth-order valence-electron chi connectivity index (χ4n) is 4.25. The predicted octanol–water partition coefficient (Wildman–Crippen LogP) is 2.47. The molecule has 0 spiro atoms. The summed E-state index contributed by atoms with van der Waals surface area (Å²) in [4.78, 5) is 7.29. The number of aromatic hydroxyl groups is 1. The molecule has 1 aromatic rings. The van der Waals surface area contributed by atoms with Crippen LogP contribution in [0.5, 0.6) is 11.5 Å². The Morgan fingerprint density at radius 1 is 1.31 bits per heavy atom. The predicted molar refractivity (Wildman–Crippen MR) is 105 cm³/mol. The average molecular weight is 361 g/mol. The van der Waals surface area contributed by atoms with E-state index >= 15 is 0 Å². The Morgan fingerprint density at radius 2 is 2.04 bits per heavy atom. The molecule has 2 atom stereocenters. The summed E-state index contributed by atoms with van der Waals surface area (Å²) < 4.78 is 5.09. The molecule has 3 rings (SSSR count). The molecular weight excluding hydrogens is 328 g/mol. The number of piperidine rings is 2. The van der Waals surface area contributed by atoms with Crippen LogP contribution >= 0.6 is 0 Å². The van der Waals surface area contributed by atoms with Gasteiger partial charge in [0.05, 0.1) is 13.7 Å². The van der Waals surface area contributed by atoms with E-state index in [1.807, 2.05) is 6.07 Å². The van der Waals surface area contributed by atoms with Crippen LogP contribution in [0.1, 0.15) is 44.6 Å². The highest BCUT2D eigenvalue weighted by molar-refractivity contribution is 5.80. The van der Waals surface area contributed by atoms with E-state index in [4.69, 9.17) is 9.73 Å². The molecule has 6 nitrogen and oxygen atoms in total. The van der Waals surface area contributed by atoms with Crippen LogP contribution < -0.4 is 15.4 Å². The lowest BCUT2D eigenvalue weighted by Crippen LogP contribution is -2.56. The van der Waals surface area contributed by atoms with Crippen molar-refractivity contribution in [2.45, 2.75) is 63.7 Å². The lowest BCUT2D eigenvalue weighted by Gasteiger charge is -2.47. The van der Waals surface area contributed by atoms with Crippen molar-refractivity contribution in [3.05, 3.63) is 23.8 Å². The fraction of sp³-hybridized carbons (Fsp3) is 0.650. The van der Waals surface area contributed by atoms with Crippen LogP contribution in [0.3, 0.4) is 0 Å². The first kappa shape index (κ1) is 18.8. The van der Waals surface area contributed by atoms with Crippen LogP contribution in [0, 0.1) is 0 Å². The van der Waals surface area contributed by atoms with Crippen molar-refractivity contribution in [3.8, 4) is 11.5 Å². The number of methoxy groups -OCH3 is 1. The summed E-state index contributed by atoms with van der Waals surface area (Å²) in [6.45, 7) is 3.44. The minimum Gasteiger partial charge on any atom is -0.504 e. The number of benzene rings is 1. The topological polar surface area (TPSA) is 69.1 Å². The molecule has 144 valence electrons. The van der Waals surface area contributed by atoms with E-state index in [1.165, 1.54) is 32.1 Å². The molecule has 0 aliphatic carbocycles. The summed E-state index contributed by atoms with van der Waals surface area (Å²) in [7, 11) is 3.83. The molecule has 6 heteroatoms. The molecule has 0 aromatic heterocycles. The van der Waals surface area contributed by atoms with Crippen LogP contribution in [-0.2, 0) is 6.54 Å². The van der Waals surface area contributed by atoms with Gasteiger partial charge in [0.15, 0.2) is 17.5 Å². The molecule has 2 unspecified atom stereocenters. The zero-order chi connectivity index (χ0) is 18.5. The molecule has 2 fully saturated rings. The van der Waals surface area contributed by atoms with Gasteiger partial charge < -0.3 is 25.4 Å². The van der Waals surface area contributed by atoms with Crippen molar-refractivity contribution in [3.63, 3.8) is 0 Å². The Balaban J connectivity index is 1.63. The standard InChI is InChI=1S/C20H32N4O2/c1-4-21-20(22-13-14-8-9-19(26-3)18(25)10-14)23-15-11-16-6-5-7-17(12-15)24(16)2/h8-10,15-17,25H,4-7,11-13H2,1-3H3,(H2,21,22,23). The number of hydrogen-bond acceptors (Lipinski definition) is 4. The number of nitrogens with zero attached hydrogens (tertiary/aromatic N) is 2. The summed E-state index contributed by atoms with van der Waals surface area (Å²) in [6, 6.07) is 7.29. The third-order valence-electron chi connectivity index (χ3n) is 5.69. The maximum Gasteiger partial charge on any atom is 0.191 e. The second-order valence-electron chi connectivity index (χ2n) is 7.42. The molecule has 3 N–H and O–H groups in total. The molecule has 2 aliphatic rings. The molecule has 0 saturated carbocycles. The first-order valence-electron chi connectivity index (χ1n) is 9.73. The van der Waals surface area contributed by atoms with Gasteiger partial charge in [-0.1, -0.05) is 12.5 Å². The quantitative estimate of drug-likeness (QED) is 0.556. The van der Waals surface area contributed by atoms with Gasteiger partial charge in [0.25, 0.3) is 0 Å². The van der Waals surface area contributed by atoms with Crippen LogP contribution in [-0.4, -0.2) is 54.8 Å². The van der Waals surface area contributed by atoms with E-state index in [1.54, 1.807) is 19.2 Å². The first-order valence-corrected chi connectivity index (χ1v) is 9.73. The largest absolute Gasteiger partial charge is 0.504 e. The van der Waals surface area contributed by atoms with Gasteiger partial charge in [-0.05, 0) is 57.4 Å². The molecular formula is C20H32N4O2. The monoisotopic (exact) mass is 360 g/mol. The van der Waals surface area contributed by atoms with Gasteiger partial charge in [-0.2, -0.15) is 0 Å². The first-order chi connectivity index (χ1) is 12.6. The Kier molecular flexibility index (Phi) is 6.25. The van der Waals surface area contributed by atoms with Crippen molar-refractivity contribution >= 4 is 5.96 Å². The van der Waals surface area contributed by atoms with Crippen LogP contribution in [0.2, 0.25) is 0 Å². The minimum absolute atomic E-state index is 0.154. The van der Waals surface area contributed by atoms with E-state index in [0.29, 0.717) is 30.4 Å². The number of phenolic OH excluding ortho intramolecular Hbond substituents is 1. The molecule has 2 aliphatic heterocycles. The number of hydrogen-bond donors (Lipinski definition) is 3. The smallest absolute Gasteiger partial charge is 0.191 e. The Morgan fingerprint density at radius 3 is 2.65 bits per heavy atom. The van der Waals surface area contributed by atoms with Crippen LogP contribution in [0.25, 0.3) is 0 Å². The van der Waals surface area contributed by atoms with E-state index < -0.39 is 0 Å². The minimum atomic E-state index is 0.154. The van der Waals surface area contributed by atoms with Gasteiger partial charge in [0, 0.05) is 24.7 Å². The number of ether oxygens (including phenoxy) is 1. The number of aliphatic imine (C=N–C) groups is 1. The number of rotatable bonds is 5. The zero-order valence-corrected chi connectivity index (χ0v) is 16.2. The maximum absolute atomic E-state index is 9.93. The van der Waals surface area contributed by atoms with Crippen molar-refractivity contribution in [2.24, 2.45) is 4.99 Å². The molecule has 1 aromatic carbocycles. The van der Waals surface area contributed by atoms with Gasteiger partial charge in [-0.15, -0.1) is 0 Å². The SMILES string of the molecule is CCNC(=NCc1ccc(OC)c(O)c1)NC1CC2CCCC(C1)N2C. The Bertz CT molecular complexity index is 620. The van der Waals surface area contributed by atoms with Crippen LogP contribution in [0.4, 0.5) is 0 Å². The van der Waals surface area contributed by atoms with Crippen LogP contribution in [0.15, 0.2) is 23.2 Å². The summed E-state index contributed by atoms with van der Waals surface area (Å²) in [5.74, 6) is 1.50. The Hall–Kier alpha value is -1.95. The number of nitrogens with one attached hydrogen (secondary N) is 2. The van der Waals surface area contributed by atoms with Gasteiger partial charge >= 0.3 is 0 Å². The third-order valence-corrected chi connectivity index (χ3v) is 5.69. The number of phenols is 1. The van der Waals surface area contributed by atoms with Crippen molar-refractivity contribution in [1.82, 2.24) is 15.5 Å². The lowest BCUT2D eigenvalue weighted by atomic mass is 9.82. The number of guanidine groups is 1. The maximum atomic E-state index is 9.93. The highest BCUT2D eigenvalue weighted by Gasteiger charge is 2.36. The zero-order valence-electron chi connectivity index (χ0n) is 16.2. The molecule has 2 heterocycles. The van der Waals surface area contributed by atoms with E-state index in [-0.39, 0.29) is 5.75 Å². The molecule has 2 bridgehead atoms. The summed E-state index contributed by atoms with van der Waals surface area (Å²) >= 11 is 0. The highest BCUT2D eigenvalue weighted by Crippen LogP contribution is 2.32. The molecule has 0 amide bonds. The van der Waals surface area contributed by atoms with E-state index in [2.05, 4.69) is 29.5 Å². The van der Waals surface area contributed by atoms with Gasteiger partial charge in [0.2, 0.25) is 0 Å². The highest BCUT2D eigenvalue weighted by atomic mass is 16.5. The second-order valence-corrected chi connectivity index (χ2v) is 7.42. The molecule has 0 radical (unpaired) electrons. The van der Waals surface area contributed by atoms with Gasteiger partial charge in [-0.3, -0.25) is 0 Å². The van der Waals surface area contributed by atoms with Crippen molar-refractivity contribution in [1.29, 1.82) is 0 Å². The third kappa shape index (κ3) is 4.41.